The Kier molecular flexibility index (Phi) is 7.88. The summed E-state index contributed by atoms with van der Waals surface area (Å²) >= 11 is 1.80. The van der Waals surface area contributed by atoms with Gasteiger partial charge in [-0.05, 0) is 23.8 Å². The van der Waals surface area contributed by atoms with Crippen LogP contribution in [0.2, 0.25) is 0 Å². The van der Waals surface area contributed by atoms with Crippen LogP contribution in [-0.4, -0.2) is 30.5 Å². The van der Waals surface area contributed by atoms with Crippen LogP contribution in [0.5, 0.6) is 0 Å². The molecule has 0 spiro atoms. The first-order valence-corrected chi connectivity index (χ1v) is 6.94. The van der Waals surface area contributed by atoms with E-state index in [0.29, 0.717) is 5.92 Å². The van der Waals surface area contributed by atoms with Crippen LogP contribution in [0.25, 0.3) is 0 Å². The Morgan fingerprint density at radius 3 is 2.53 bits per heavy atom. The van der Waals surface area contributed by atoms with Crippen LogP contribution in [0.3, 0.4) is 0 Å². The largest absolute Gasteiger partial charge is 0.354 e. The summed E-state index contributed by atoms with van der Waals surface area (Å²) in [6.45, 7) is 6.92. The molecule has 0 saturated carbocycles. The first kappa shape index (κ1) is 14.8. The third-order valence-corrected chi connectivity index (χ3v) is 3.54. The summed E-state index contributed by atoms with van der Waals surface area (Å²) in [5, 5.41) is 2.90. The molecule has 15 heavy (non-hydrogen) atoms. The average Bonchev–Trinajstić information content (AvgIpc) is 2.24. The van der Waals surface area contributed by atoms with Gasteiger partial charge in [-0.1, -0.05) is 27.2 Å². The smallest absolute Gasteiger partial charge is 0.237 e. The molecule has 1 amide bonds. The molecule has 0 aliphatic heterocycles. The second kappa shape index (κ2) is 7.99. The lowest BCUT2D eigenvalue weighted by Gasteiger charge is -2.19. The monoisotopic (exact) mass is 232 g/mol. The maximum atomic E-state index is 11.6. The van der Waals surface area contributed by atoms with Gasteiger partial charge in [0.2, 0.25) is 5.91 Å². The Bertz CT molecular complexity index is 187. The van der Waals surface area contributed by atoms with E-state index in [4.69, 9.17) is 5.73 Å². The second-order valence-electron chi connectivity index (χ2n) is 4.22. The van der Waals surface area contributed by atoms with Gasteiger partial charge in [-0.3, -0.25) is 4.79 Å². The van der Waals surface area contributed by atoms with Crippen LogP contribution in [0, 0.1) is 11.8 Å². The van der Waals surface area contributed by atoms with Gasteiger partial charge in [0.1, 0.15) is 0 Å². The highest BCUT2D eigenvalue weighted by Gasteiger charge is 2.19. The number of carbonyl (C=O) groups excluding carboxylic acids is 1. The van der Waals surface area contributed by atoms with E-state index in [9.17, 15) is 4.79 Å². The number of hydrogen-bond acceptors (Lipinski definition) is 3. The number of thioether (sulfide) groups is 1. The first-order valence-electron chi connectivity index (χ1n) is 5.55. The minimum Gasteiger partial charge on any atom is -0.354 e. The van der Waals surface area contributed by atoms with Crippen molar-refractivity contribution >= 4 is 17.7 Å². The summed E-state index contributed by atoms with van der Waals surface area (Å²) in [6, 6.07) is -0.364. The Balaban J connectivity index is 3.82. The van der Waals surface area contributed by atoms with Crippen LogP contribution in [-0.2, 0) is 4.79 Å². The normalized spacial score (nSPS) is 16.9. The molecule has 3 nitrogen and oxygen atoms in total. The van der Waals surface area contributed by atoms with Crippen molar-refractivity contribution in [3.05, 3.63) is 0 Å². The molecule has 0 aromatic heterocycles. The number of carbonyl (C=O) groups is 1. The summed E-state index contributed by atoms with van der Waals surface area (Å²) in [4.78, 5) is 11.6. The maximum Gasteiger partial charge on any atom is 0.237 e. The highest BCUT2D eigenvalue weighted by molar-refractivity contribution is 7.98. The van der Waals surface area contributed by atoms with Gasteiger partial charge in [0.25, 0.3) is 0 Å². The molecule has 3 atom stereocenters. The summed E-state index contributed by atoms with van der Waals surface area (Å²) in [6.07, 6.45) is 3.01. The Hall–Kier alpha value is -0.220. The lowest BCUT2D eigenvalue weighted by molar-refractivity contribution is -0.123. The molecular formula is C11H24N2OS. The third kappa shape index (κ3) is 6.05. The molecule has 0 bridgehead atoms. The van der Waals surface area contributed by atoms with E-state index in [1.54, 1.807) is 11.8 Å². The van der Waals surface area contributed by atoms with Crippen molar-refractivity contribution in [2.75, 3.05) is 18.6 Å². The van der Waals surface area contributed by atoms with Gasteiger partial charge in [0, 0.05) is 6.54 Å². The van der Waals surface area contributed by atoms with E-state index in [0.717, 1.165) is 18.7 Å². The summed E-state index contributed by atoms with van der Waals surface area (Å²) in [7, 11) is 0. The summed E-state index contributed by atoms with van der Waals surface area (Å²) in [5.74, 6) is 1.81. The standard InChI is InChI=1S/C11H24N2OS/c1-5-9(3)10(12)11(14)13-6-8(2)7-15-4/h8-10H,5-7,12H2,1-4H3,(H,13,14)/t8?,9-,10-/m0/s1. The molecule has 0 aromatic rings. The van der Waals surface area contributed by atoms with Crippen molar-refractivity contribution in [1.29, 1.82) is 0 Å². The number of nitrogens with one attached hydrogen (secondary N) is 1. The molecular weight excluding hydrogens is 208 g/mol. The van der Waals surface area contributed by atoms with E-state index in [1.165, 1.54) is 0 Å². The fourth-order valence-corrected chi connectivity index (χ4v) is 1.94. The predicted octanol–water partition coefficient (Wildman–Crippen LogP) is 1.48. The van der Waals surface area contributed by atoms with Gasteiger partial charge >= 0.3 is 0 Å². The van der Waals surface area contributed by atoms with Gasteiger partial charge in [-0.25, -0.2) is 0 Å². The quantitative estimate of drug-likeness (QED) is 0.699. The summed E-state index contributed by atoms with van der Waals surface area (Å²) in [5.41, 5.74) is 5.81. The van der Waals surface area contributed by atoms with Crippen molar-refractivity contribution in [1.82, 2.24) is 5.32 Å². The van der Waals surface area contributed by atoms with Crippen LogP contribution >= 0.6 is 11.8 Å². The van der Waals surface area contributed by atoms with E-state index >= 15 is 0 Å². The zero-order valence-corrected chi connectivity index (χ0v) is 11.1. The van der Waals surface area contributed by atoms with E-state index < -0.39 is 0 Å². The average molecular weight is 232 g/mol. The minimum atomic E-state index is -0.364. The Morgan fingerprint density at radius 1 is 1.47 bits per heavy atom. The highest BCUT2D eigenvalue weighted by atomic mass is 32.2. The Morgan fingerprint density at radius 2 is 2.07 bits per heavy atom. The molecule has 0 fully saturated rings. The molecule has 3 N–H and O–H groups in total. The zero-order valence-electron chi connectivity index (χ0n) is 10.2. The van der Waals surface area contributed by atoms with Crippen LogP contribution in [0.4, 0.5) is 0 Å². The fourth-order valence-electron chi connectivity index (χ4n) is 1.25. The van der Waals surface area contributed by atoms with E-state index in [2.05, 4.69) is 18.5 Å². The maximum absolute atomic E-state index is 11.6. The number of amides is 1. The number of rotatable bonds is 7. The lowest BCUT2D eigenvalue weighted by Crippen LogP contribution is -2.45. The van der Waals surface area contributed by atoms with Crippen LogP contribution in [0.1, 0.15) is 27.2 Å². The predicted molar refractivity (Wildman–Crippen MR) is 68.0 cm³/mol. The number of hydrogen-bond donors (Lipinski definition) is 2. The van der Waals surface area contributed by atoms with Crippen LogP contribution in [0.15, 0.2) is 0 Å². The molecule has 4 heteroatoms. The number of nitrogens with two attached hydrogens (primary N) is 1. The van der Waals surface area contributed by atoms with Gasteiger partial charge < -0.3 is 11.1 Å². The molecule has 0 radical (unpaired) electrons. The van der Waals surface area contributed by atoms with Gasteiger partial charge in [-0.2, -0.15) is 11.8 Å². The molecule has 0 aromatic carbocycles. The van der Waals surface area contributed by atoms with Crippen molar-refractivity contribution in [2.45, 2.75) is 33.2 Å². The molecule has 0 aliphatic rings. The summed E-state index contributed by atoms with van der Waals surface area (Å²) < 4.78 is 0. The molecule has 0 aliphatic carbocycles. The topological polar surface area (TPSA) is 55.1 Å². The van der Waals surface area contributed by atoms with Crippen molar-refractivity contribution in [3.8, 4) is 0 Å². The first-order chi connectivity index (χ1) is 7.02. The van der Waals surface area contributed by atoms with Crippen molar-refractivity contribution in [2.24, 2.45) is 17.6 Å². The van der Waals surface area contributed by atoms with Gasteiger partial charge in [0.05, 0.1) is 6.04 Å². The fraction of sp³-hybridized carbons (Fsp3) is 0.909. The third-order valence-electron chi connectivity index (χ3n) is 2.64. The molecule has 1 unspecified atom stereocenters. The Labute approximate surface area is 97.6 Å². The SMILES string of the molecule is CC[C@H](C)[C@H](N)C(=O)NCC(C)CSC. The van der Waals surface area contributed by atoms with E-state index in [1.807, 2.05) is 13.8 Å². The van der Waals surface area contributed by atoms with Gasteiger partial charge in [0.15, 0.2) is 0 Å². The van der Waals surface area contributed by atoms with E-state index in [-0.39, 0.29) is 17.9 Å². The van der Waals surface area contributed by atoms with Crippen LogP contribution < -0.4 is 11.1 Å². The zero-order chi connectivity index (χ0) is 11.8. The minimum absolute atomic E-state index is 0.0164. The molecule has 90 valence electrons. The van der Waals surface area contributed by atoms with Crippen molar-refractivity contribution in [3.63, 3.8) is 0 Å². The molecule has 0 saturated heterocycles. The molecule has 0 rings (SSSR count). The van der Waals surface area contributed by atoms with Gasteiger partial charge in [-0.15, -0.1) is 0 Å². The lowest BCUT2D eigenvalue weighted by atomic mass is 9.99. The second-order valence-corrected chi connectivity index (χ2v) is 5.13. The molecule has 0 heterocycles. The van der Waals surface area contributed by atoms with Crippen molar-refractivity contribution < 1.29 is 4.79 Å². The highest BCUT2D eigenvalue weighted by Crippen LogP contribution is 2.06.